The maximum atomic E-state index is 10.9. The van der Waals surface area contributed by atoms with Crippen LogP contribution in [0.4, 0.5) is 0 Å². The van der Waals surface area contributed by atoms with Crippen molar-refractivity contribution >= 4 is 46.5 Å². The third-order valence-electron chi connectivity index (χ3n) is 1.17. The maximum Gasteiger partial charge on any atom is 0.254 e. The molecule has 0 fully saturated rings. The van der Waals surface area contributed by atoms with Crippen molar-refractivity contribution < 1.29 is 9.59 Å². The molecule has 0 spiro atoms. The van der Waals surface area contributed by atoms with E-state index in [0.717, 1.165) is 6.92 Å². The molecule has 0 aliphatic carbocycles. The van der Waals surface area contributed by atoms with Crippen molar-refractivity contribution in [1.29, 1.82) is 0 Å². The number of nitrogens with two attached hydrogens (primary N) is 2. The van der Waals surface area contributed by atoms with Crippen LogP contribution in [0, 0.1) is 0 Å². The molecule has 0 radical (unpaired) electrons. The van der Waals surface area contributed by atoms with E-state index in [1.54, 1.807) is 0 Å². The molecule has 0 aromatic carbocycles. The number of ketones is 1. The normalized spacial score (nSPS) is 13.5. The summed E-state index contributed by atoms with van der Waals surface area (Å²) in [5.41, 5.74) is 9.17. The second kappa shape index (κ2) is 4.17. The summed E-state index contributed by atoms with van der Waals surface area (Å²) in [5, 5.41) is 0. The lowest BCUT2D eigenvalue weighted by Gasteiger charge is -2.13. The Balaban J connectivity index is 5.36. The minimum atomic E-state index is -2.00. The summed E-state index contributed by atoms with van der Waals surface area (Å²) < 4.78 is -2.00. The van der Waals surface area contributed by atoms with Crippen LogP contribution in [-0.4, -0.2) is 15.5 Å². The van der Waals surface area contributed by atoms with Crippen molar-refractivity contribution in [2.45, 2.75) is 10.7 Å². The number of amides is 1. The van der Waals surface area contributed by atoms with Crippen molar-refractivity contribution in [2.24, 2.45) is 11.5 Å². The molecule has 0 heterocycles. The van der Waals surface area contributed by atoms with Gasteiger partial charge in [-0.2, -0.15) is 0 Å². The molecule has 0 bridgehead atoms. The number of alkyl halides is 3. The zero-order chi connectivity index (χ0) is 10.8. The molecule has 7 heteroatoms. The molecule has 0 rings (SSSR count). The lowest BCUT2D eigenvalue weighted by atomic mass is 10.1. The van der Waals surface area contributed by atoms with Gasteiger partial charge < -0.3 is 11.5 Å². The van der Waals surface area contributed by atoms with Gasteiger partial charge in [0.05, 0.1) is 5.70 Å². The molecular weight excluding hydrogens is 238 g/mol. The highest BCUT2D eigenvalue weighted by atomic mass is 35.6. The van der Waals surface area contributed by atoms with Crippen LogP contribution in [0.5, 0.6) is 0 Å². The quantitative estimate of drug-likeness (QED) is 0.324. The second-order valence-corrected chi connectivity index (χ2v) is 4.49. The van der Waals surface area contributed by atoms with Crippen molar-refractivity contribution in [3.8, 4) is 0 Å². The first-order valence-electron chi connectivity index (χ1n) is 3.05. The molecule has 4 N–H and O–H groups in total. The third kappa shape index (κ3) is 3.42. The van der Waals surface area contributed by atoms with Gasteiger partial charge in [-0.3, -0.25) is 9.59 Å². The minimum absolute atomic E-state index is 0.461. The van der Waals surface area contributed by atoms with Crippen LogP contribution >= 0.6 is 34.8 Å². The van der Waals surface area contributed by atoms with Crippen LogP contribution in [0.25, 0.3) is 0 Å². The Morgan fingerprint density at radius 1 is 1.15 bits per heavy atom. The van der Waals surface area contributed by atoms with E-state index < -0.39 is 26.8 Å². The van der Waals surface area contributed by atoms with Crippen LogP contribution in [0.15, 0.2) is 11.3 Å². The summed E-state index contributed by atoms with van der Waals surface area (Å²) in [4.78, 5) is 21.6. The van der Waals surface area contributed by atoms with Gasteiger partial charge in [0.1, 0.15) is 5.57 Å². The molecule has 0 saturated heterocycles. The van der Waals surface area contributed by atoms with Gasteiger partial charge in [0.25, 0.3) is 5.91 Å². The number of carbonyl (C=O) groups excluding carboxylic acids is 2. The second-order valence-electron chi connectivity index (χ2n) is 2.21. The highest BCUT2D eigenvalue weighted by molar-refractivity contribution is 6.69. The van der Waals surface area contributed by atoms with E-state index in [1.807, 2.05) is 0 Å². The minimum Gasteiger partial charge on any atom is -0.398 e. The number of Topliss-reactive ketones (excluding diaryl/α,β-unsaturated/α-hetero) is 1. The van der Waals surface area contributed by atoms with Gasteiger partial charge in [0.2, 0.25) is 3.79 Å². The zero-order valence-corrected chi connectivity index (χ0v) is 8.87. The Kier molecular flexibility index (Phi) is 4.03. The molecule has 74 valence electrons. The van der Waals surface area contributed by atoms with Crippen LogP contribution in [0.1, 0.15) is 6.92 Å². The first-order chi connectivity index (χ1) is 5.68. The third-order valence-corrected chi connectivity index (χ3v) is 1.78. The lowest BCUT2D eigenvalue weighted by molar-refractivity contribution is -0.119. The van der Waals surface area contributed by atoms with Gasteiger partial charge in [-0.05, 0) is 6.92 Å². The predicted molar refractivity (Wildman–Crippen MR) is 51.4 cm³/mol. The molecule has 13 heavy (non-hydrogen) atoms. The zero-order valence-electron chi connectivity index (χ0n) is 6.61. The molecule has 0 saturated carbocycles. The van der Waals surface area contributed by atoms with Crippen molar-refractivity contribution in [1.82, 2.24) is 0 Å². The lowest BCUT2D eigenvalue weighted by Crippen LogP contribution is -2.29. The van der Waals surface area contributed by atoms with E-state index >= 15 is 0 Å². The molecular formula is C6H7Cl3N2O2. The molecule has 0 aliphatic heterocycles. The fraction of sp³-hybridized carbons (Fsp3) is 0.333. The van der Waals surface area contributed by atoms with Crippen molar-refractivity contribution in [2.75, 3.05) is 0 Å². The average molecular weight is 245 g/mol. The SMILES string of the molecule is CC(=O)/C(C(N)=O)=C(\N)C(Cl)(Cl)Cl. The summed E-state index contributed by atoms with van der Waals surface area (Å²) >= 11 is 16.1. The smallest absolute Gasteiger partial charge is 0.254 e. The largest absolute Gasteiger partial charge is 0.398 e. The highest BCUT2D eigenvalue weighted by Gasteiger charge is 2.30. The van der Waals surface area contributed by atoms with E-state index in [-0.39, 0.29) is 0 Å². The van der Waals surface area contributed by atoms with Gasteiger partial charge in [0, 0.05) is 0 Å². The molecule has 0 aliphatic rings. The topological polar surface area (TPSA) is 86.2 Å². The highest BCUT2D eigenvalue weighted by Crippen LogP contribution is 2.33. The van der Waals surface area contributed by atoms with E-state index in [1.165, 1.54) is 0 Å². The first kappa shape index (κ1) is 12.6. The number of primary amides is 1. The Morgan fingerprint density at radius 2 is 1.54 bits per heavy atom. The average Bonchev–Trinajstić information content (AvgIpc) is 1.82. The fourth-order valence-electron chi connectivity index (χ4n) is 0.638. The number of allylic oxidation sites excluding steroid dienone is 1. The molecule has 1 amide bonds. The van der Waals surface area contributed by atoms with E-state index in [2.05, 4.69) is 0 Å². The Morgan fingerprint density at radius 3 is 1.62 bits per heavy atom. The molecule has 0 aromatic heterocycles. The summed E-state index contributed by atoms with van der Waals surface area (Å²) in [7, 11) is 0. The molecule has 4 nitrogen and oxygen atoms in total. The number of carbonyl (C=O) groups is 2. The Labute approximate surface area is 89.8 Å². The van der Waals surface area contributed by atoms with Crippen LogP contribution < -0.4 is 11.5 Å². The molecule has 0 unspecified atom stereocenters. The van der Waals surface area contributed by atoms with Crippen LogP contribution in [0.2, 0.25) is 0 Å². The van der Waals surface area contributed by atoms with Gasteiger partial charge in [-0.25, -0.2) is 0 Å². The summed E-state index contributed by atoms with van der Waals surface area (Å²) in [5.74, 6) is -1.66. The summed E-state index contributed by atoms with van der Waals surface area (Å²) in [6, 6.07) is 0. The standard InChI is InChI=1S/C6H7Cl3N2O2/c1-2(12)3(5(11)13)4(10)6(7,8)9/h10H2,1H3,(H2,11,13)/b4-3+. The van der Waals surface area contributed by atoms with Crippen molar-refractivity contribution in [3.63, 3.8) is 0 Å². The van der Waals surface area contributed by atoms with Gasteiger partial charge in [-0.1, -0.05) is 34.8 Å². The van der Waals surface area contributed by atoms with E-state index in [4.69, 9.17) is 46.3 Å². The fourth-order valence-corrected chi connectivity index (χ4v) is 0.921. The number of hydrogen-bond acceptors (Lipinski definition) is 3. The maximum absolute atomic E-state index is 10.9. The number of halogens is 3. The molecule has 0 aromatic rings. The predicted octanol–water partition coefficient (Wildman–Crippen LogP) is 0.644. The van der Waals surface area contributed by atoms with Crippen LogP contribution in [-0.2, 0) is 9.59 Å². The summed E-state index contributed by atoms with van der Waals surface area (Å²) in [6.45, 7) is 1.10. The number of rotatable bonds is 2. The molecule has 0 atom stereocenters. The van der Waals surface area contributed by atoms with Crippen LogP contribution in [0.3, 0.4) is 0 Å². The van der Waals surface area contributed by atoms with Gasteiger partial charge in [-0.15, -0.1) is 0 Å². The van der Waals surface area contributed by atoms with E-state index in [9.17, 15) is 9.59 Å². The Bertz CT molecular complexity index is 264. The van der Waals surface area contributed by atoms with Gasteiger partial charge in [0.15, 0.2) is 5.78 Å². The first-order valence-corrected chi connectivity index (χ1v) is 4.19. The monoisotopic (exact) mass is 244 g/mol. The van der Waals surface area contributed by atoms with E-state index in [0.29, 0.717) is 0 Å². The van der Waals surface area contributed by atoms with Crippen molar-refractivity contribution in [3.05, 3.63) is 11.3 Å². The number of hydrogen-bond donors (Lipinski definition) is 2. The Hall–Kier alpha value is -0.450. The van der Waals surface area contributed by atoms with Gasteiger partial charge >= 0.3 is 0 Å². The summed E-state index contributed by atoms with van der Waals surface area (Å²) in [6.07, 6.45) is 0.